The number of nitrogens with one attached hydrogen (secondary N) is 2. The van der Waals surface area contributed by atoms with Crippen molar-refractivity contribution in [2.24, 2.45) is 0 Å². The first-order chi connectivity index (χ1) is 12.2. The van der Waals surface area contributed by atoms with E-state index in [1.165, 1.54) is 0 Å². The molecular weight excluding hydrogens is 336 g/mol. The molecule has 0 saturated carbocycles. The molecule has 0 saturated heterocycles. The van der Waals surface area contributed by atoms with Gasteiger partial charge in [-0.15, -0.1) is 11.3 Å². The van der Waals surface area contributed by atoms with E-state index in [0.29, 0.717) is 18.3 Å². The molecule has 9 heteroatoms. The number of hydrogen-bond donors (Lipinski definition) is 3. The molecule has 25 heavy (non-hydrogen) atoms. The maximum absolute atomic E-state index is 5.84. The fourth-order valence-corrected chi connectivity index (χ4v) is 3.25. The summed E-state index contributed by atoms with van der Waals surface area (Å²) >= 11 is 1.65. The van der Waals surface area contributed by atoms with Gasteiger partial charge in [0.2, 0.25) is 11.9 Å². The number of hydrogen-bond acceptors (Lipinski definition) is 8. The van der Waals surface area contributed by atoms with Crippen molar-refractivity contribution in [3.63, 3.8) is 0 Å². The summed E-state index contributed by atoms with van der Waals surface area (Å²) in [5, 5.41) is 14.3. The predicted molar refractivity (Wildman–Crippen MR) is 98.4 cm³/mol. The SMILES string of the molecule is Cc1csc(CCNc2nc(N)nc(-c3ccc4cn[nH]c4c3)n2)n1. The minimum Gasteiger partial charge on any atom is -0.368 e. The van der Waals surface area contributed by atoms with Crippen LogP contribution < -0.4 is 11.1 Å². The summed E-state index contributed by atoms with van der Waals surface area (Å²) in [5.74, 6) is 1.17. The van der Waals surface area contributed by atoms with Crippen molar-refractivity contribution < 1.29 is 0 Å². The maximum Gasteiger partial charge on any atom is 0.228 e. The Morgan fingerprint density at radius 2 is 2.12 bits per heavy atom. The Labute approximate surface area is 147 Å². The molecule has 0 radical (unpaired) electrons. The van der Waals surface area contributed by atoms with Crippen LogP contribution in [0.4, 0.5) is 11.9 Å². The summed E-state index contributed by atoms with van der Waals surface area (Å²) in [6.07, 6.45) is 2.58. The van der Waals surface area contributed by atoms with Gasteiger partial charge in [-0.1, -0.05) is 12.1 Å². The van der Waals surface area contributed by atoms with E-state index < -0.39 is 0 Å². The van der Waals surface area contributed by atoms with Gasteiger partial charge < -0.3 is 11.1 Å². The Bertz CT molecular complexity index is 1020. The summed E-state index contributed by atoms with van der Waals surface area (Å²) in [6, 6.07) is 5.85. The highest BCUT2D eigenvalue weighted by Gasteiger charge is 2.08. The molecule has 0 amide bonds. The molecule has 0 aliphatic carbocycles. The standard InChI is InChI=1S/C16H16N8S/c1-9-8-25-13(20-9)4-5-18-16-22-14(21-15(17)23-16)10-2-3-11-7-19-24-12(11)6-10/h2-3,6-8H,4-5H2,1H3,(H,19,24)(H3,17,18,21,22,23). The predicted octanol–water partition coefficient (Wildman–Crippen LogP) is 2.42. The van der Waals surface area contributed by atoms with Gasteiger partial charge in [0.1, 0.15) is 0 Å². The quantitative estimate of drug-likeness (QED) is 0.505. The Morgan fingerprint density at radius 1 is 1.20 bits per heavy atom. The number of fused-ring (bicyclic) bond motifs is 1. The average molecular weight is 352 g/mol. The highest BCUT2D eigenvalue weighted by Crippen LogP contribution is 2.21. The van der Waals surface area contributed by atoms with Crippen molar-refractivity contribution >= 4 is 34.1 Å². The molecule has 126 valence electrons. The summed E-state index contributed by atoms with van der Waals surface area (Å²) < 4.78 is 0. The molecule has 3 heterocycles. The number of nitrogens with two attached hydrogens (primary N) is 1. The van der Waals surface area contributed by atoms with Gasteiger partial charge in [-0.2, -0.15) is 20.1 Å². The zero-order chi connectivity index (χ0) is 17.2. The lowest BCUT2D eigenvalue weighted by atomic mass is 10.1. The summed E-state index contributed by atoms with van der Waals surface area (Å²) in [5.41, 5.74) is 8.66. The van der Waals surface area contributed by atoms with Crippen molar-refractivity contribution in [3.8, 4) is 11.4 Å². The van der Waals surface area contributed by atoms with Crippen molar-refractivity contribution in [3.05, 3.63) is 40.5 Å². The number of rotatable bonds is 5. The van der Waals surface area contributed by atoms with Gasteiger partial charge in [0, 0.05) is 35.0 Å². The van der Waals surface area contributed by atoms with Gasteiger partial charge >= 0.3 is 0 Å². The molecule has 0 aliphatic rings. The zero-order valence-corrected chi connectivity index (χ0v) is 14.3. The monoisotopic (exact) mass is 352 g/mol. The smallest absolute Gasteiger partial charge is 0.228 e. The van der Waals surface area contributed by atoms with Gasteiger partial charge in [-0.3, -0.25) is 5.10 Å². The lowest BCUT2D eigenvalue weighted by Crippen LogP contribution is -2.11. The Kier molecular flexibility index (Phi) is 3.98. The van der Waals surface area contributed by atoms with Crippen LogP contribution in [0.1, 0.15) is 10.7 Å². The van der Waals surface area contributed by atoms with Crippen molar-refractivity contribution in [1.29, 1.82) is 0 Å². The third-order valence-corrected chi connectivity index (χ3v) is 4.67. The van der Waals surface area contributed by atoms with E-state index in [2.05, 4.69) is 35.5 Å². The number of aromatic nitrogens is 6. The second-order valence-corrected chi connectivity index (χ2v) is 6.51. The molecule has 3 aromatic heterocycles. The fourth-order valence-electron chi connectivity index (χ4n) is 2.48. The number of anilines is 2. The Balaban J connectivity index is 1.53. The Hall–Kier alpha value is -3.07. The van der Waals surface area contributed by atoms with Gasteiger partial charge in [0.15, 0.2) is 5.82 Å². The number of H-pyrrole nitrogens is 1. The van der Waals surface area contributed by atoms with Crippen LogP contribution >= 0.6 is 11.3 Å². The van der Waals surface area contributed by atoms with Gasteiger partial charge in [0.25, 0.3) is 0 Å². The van der Waals surface area contributed by atoms with Gasteiger partial charge in [-0.25, -0.2) is 4.98 Å². The lowest BCUT2D eigenvalue weighted by Gasteiger charge is -2.07. The van der Waals surface area contributed by atoms with Gasteiger partial charge in [0.05, 0.1) is 16.7 Å². The van der Waals surface area contributed by atoms with Crippen molar-refractivity contribution in [2.75, 3.05) is 17.6 Å². The van der Waals surface area contributed by atoms with Crippen LogP contribution in [0.25, 0.3) is 22.3 Å². The van der Waals surface area contributed by atoms with Crippen LogP contribution in [-0.4, -0.2) is 36.7 Å². The summed E-state index contributed by atoms with van der Waals surface area (Å²) in [4.78, 5) is 17.3. The third kappa shape index (κ3) is 3.41. The zero-order valence-electron chi connectivity index (χ0n) is 13.5. The third-order valence-electron chi connectivity index (χ3n) is 3.64. The van der Waals surface area contributed by atoms with E-state index in [4.69, 9.17) is 5.73 Å². The van der Waals surface area contributed by atoms with Crippen LogP contribution in [-0.2, 0) is 6.42 Å². The minimum absolute atomic E-state index is 0.183. The van der Waals surface area contributed by atoms with Crippen LogP contribution in [0.3, 0.4) is 0 Å². The van der Waals surface area contributed by atoms with Crippen LogP contribution in [0, 0.1) is 6.92 Å². The molecule has 4 N–H and O–H groups in total. The van der Waals surface area contributed by atoms with E-state index in [9.17, 15) is 0 Å². The minimum atomic E-state index is 0.183. The molecule has 0 atom stereocenters. The molecule has 4 rings (SSSR count). The normalized spacial score (nSPS) is 11.1. The fraction of sp³-hybridized carbons (Fsp3) is 0.188. The number of thiazole rings is 1. The molecule has 1 aromatic carbocycles. The Morgan fingerprint density at radius 3 is 2.96 bits per heavy atom. The number of benzene rings is 1. The van der Waals surface area contributed by atoms with E-state index in [0.717, 1.165) is 33.6 Å². The number of aryl methyl sites for hydroxylation is 1. The van der Waals surface area contributed by atoms with E-state index in [1.54, 1.807) is 17.5 Å². The lowest BCUT2D eigenvalue weighted by molar-refractivity contribution is 0.953. The largest absolute Gasteiger partial charge is 0.368 e. The van der Waals surface area contributed by atoms with E-state index in [-0.39, 0.29) is 5.95 Å². The average Bonchev–Trinajstić information content (AvgIpc) is 3.22. The topological polar surface area (TPSA) is 118 Å². The molecule has 0 bridgehead atoms. The highest BCUT2D eigenvalue weighted by molar-refractivity contribution is 7.09. The summed E-state index contributed by atoms with van der Waals surface area (Å²) in [7, 11) is 0. The van der Waals surface area contributed by atoms with Crippen LogP contribution in [0.5, 0.6) is 0 Å². The van der Waals surface area contributed by atoms with Crippen molar-refractivity contribution in [2.45, 2.75) is 13.3 Å². The molecular formula is C16H16N8S. The second-order valence-electron chi connectivity index (χ2n) is 5.57. The first kappa shape index (κ1) is 15.5. The summed E-state index contributed by atoms with van der Waals surface area (Å²) in [6.45, 7) is 2.67. The first-order valence-corrected chi connectivity index (χ1v) is 8.65. The molecule has 0 spiro atoms. The first-order valence-electron chi connectivity index (χ1n) is 7.77. The molecule has 4 aromatic rings. The van der Waals surface area contributed by atoms with E-state index in [1.807, 2.05) is 30.5 Å². The van der Waals surface area contributed by atoms with Crippen LogP contribution in [0.2, 0.25) is 0 Å². The highest BCUT2D eigenvalue weighted by atomic mass is 32.1. The van der Waals surface area contributed by atoms with Crippen molar-refractivity contribution in [1.82, 2.24) is 30.1 Å². The molecule has 0 unspecified atom stereocenters. The van der Waals surface area contributed by atoms with Crippen LogP contribution in [0.15, 0.2) is 29.8 Å². The number of nitrogen functional groups attached to an aromatic ring is 1. The molecule has 8 nitrogen and oxygen atoms in total. The number of aromatic amines is 1. The van der Waals surface area contributed by atoms with Gasteiger partial charge in [-0.05, 0) is 13.0 Å². The van der Waals surface area contributed by atoms with E-state index >= 15 is 0 Å². The number of nitrogens with zero attached hydrogens (tertiary/aromatic N) is 5. The molecule has 0 aliphatic heterocycles. The maximum atomic E-state index is 5.84. The second kappa shape index (κ2) is 6.44. The molecule has 0 fully saturated rings.